The molecule has 3 rings (SSSR count). The van der Waals surface area contributed by atoms with E-state index in [0.29, 0.717) is 5.92 Å². The van der Waals surface area contributed by atoms with Crippen LogP contribution in [0.4, 0.5) is 11.8 Å². The Balaban J connectivity index is 1.71. The molecule has 0 N–H and O–H groups in total. The van der Waals surface area contributed by atoms with Crippen molar-refractivity contribution in [1.29, 1.82) is 0 Å². The van der Waals surface area contributed by atoms with E-state index in [1.807, 2.05) is 31.3 Å². The lowest BCUT2D eigenvalue weighted by molar-refractivity contribution is 0.612. The maximum atomic E-state index is 4.68. The molecule has 1 aromatic heterocycles. The third-order valence-electron chi connectivity index (χ3n) is 4.35. The Hall–Kier alpha value is -2.10. The van der Waals surface area contributed by atoms with Crippen LogP contribution in [0.15, 0.2) is 42.6 Å². The number of benzene rings is 1. The molecule has 1 aliphatic heterocycles. The Morgan fingerprint density at radius 2 is 1.86 bits per heavy atom. The van der Waals surface area contributed by atoms with Gasteiger partial charge in [0.2, 0.25) is 5.95 Å². The molecule has 0 saturated carbocycles. The lowest BCUT2D eigenvalue weighted by Crippen LogP contribution is -2.26. The summed E-state index contributed by atoms with van der Waals surface area (Å²) in [5, 5.41) is 0. The standard InChI is InChI=1S/C18H24N4/c1-21(2)18-19-12-10-17(20-18)22-13-6-9-16(11-14-22)15-7-4-3-5-8-15/h3-5,7-8,10,12,16H,6,9,11,13-14H2,1-2H3. The molecule has 1 saturated heterocycles. The quantitative estimate of drug-likeness (QED) is 0.870. The van der Waals surface area contributed by atoms with Crippen LogP contribution in [0.2, 0.25) is 0 Å². The van der Waals surface area contributed by atoms with E-state index >= 15 is 0 Å². The highest BCUT2D eigenvalue weighted by Gasteiger charge is 2.19. The van der Waals surface area contributed by atoms with Crippen LogP contribution in [0, 0.1) is 0 Å². The Morgan fingerprint density at radius 3 is 2.64 bits per heavy atom. The van der Waals surface area contributed by atoms with Gasteiger partial charge in [0.15, 0.2) is 0 Å². The van der Waals surface area contributed by atoms with Crippen molar-refractivity contribution in [3.8, 4) is 0 Å². The highest BCUT2D eigenvalue weighted by atomic mass is 15.3. The van der Waals surface area contributed by atoms with Gasteiger partial charge in [0.1, 0.15) is 5.82 Å². The number of hydrogen-bond acceptors (Lipinski definition) is 4. The second-order valence-corrected chi connectivity index (χ2v) is 6.13. The zero-order chi connectivity index (χ0) is 15.4. The normalized spacial score (nSPS) is 18.8. The highest BCUT2D eigenvalue weighted by Crippen LogP contribution is 2.29. The minimum atomic E-state index is 0.668. The van der Waals surface area contributed by atoms with E-state index in [0.717, 1.165) is 24.9 Å². The van der Waals surface area contributed by atoms with E-state index in [9.17, 15) is 0 Å². The molecule has 116 valence electrons. The topological polar surface area (TPSA) is 32.3 Å². The van der Waals surface area contributed by atoms with Gasteiger partial charge in [0, 0.05) is 33.4 Å². The summed E-state index contributed by atoms with van der Waals surface area (Å²) in [5.74, 6) is 2.50. The van der Waals surface area contributed by atoms with Crippen LogP contribution in [-0.4, -0.2) is 37.2 Å². The van der Waals surface area contributed by atoms with Gasteiger partial charge in [-0.05, 0) is 36.8 Å². The smallest absolute Gasteiger partial charge is 0.226 e. The summed E-state index contributed by atoms with van der Waals surface area (Å²) in [5.41, 5.74) is 1.47. The number of hydrogen-bond donors (Lipinski definition) is 0. The van der Waals surface area contributed by atoms with Crippen LogP contribution in [0.25, 0.3) is 0 Å². The summed E-state index contributed by atoms with van der Waals surface area (Å²) in [4.78, 5) is 13.3. The van der Waals surface area contributed by atoms with Crippen LogP contribution in [0.1, 0.15) is 30.7 Å². The molecule has 1 atom stereocenters. The molecule has 0 aliphatic carbocycles. The highest BCUT2D eigenvalue weighted by molar-refractivity contribution is 5.43. The Morgan fingerprint density at radius 1 is 1.05 bits per heavy atom. The lowest BCUT2D eigenvalue weighted by Gasteiger charge is -2.23. The average molecular weight is 296 g/mol. The summed E-state index contributed by atoms with van der Waals surface area (Å²) in [6.45, 7) is 2.14. The van der Waals surface area contributed by atoms with Crippen molar-refractivity contribution >= 4 is 11.8 Å². The molecular weight excluding hydrogens is 272 g/mol. The molecule has 0 radical (unpaired) electrons. The fourth-order valence-corrected chi connectivity index (χ4v) is 3.11. The molecule has 1 unspecified atom stereocenters. The molecule has 0 amide bonds. The molecule has 0 bridgehead atoms. The molecule has 4 heteroatoms. The van der Waals surface area contributed by atoms with Crippen molar-refractivity contribution in [3.05, 3.63) is 48.2 Å². The second-order valence-electron chi connectivity index (χ2n) is 6.13. The summed E-state index contributed by atoms with van der Waals surface area (Å²) in [6.07, 6.45) is 5.51. The first-order valence-electron chi connectivity index (χ1n) is 8.04. The largest absolute Gasteiger partial charge is 0.356 e. The van der Waals surface area contributed by atoms with E-state index in [1.165, 1.54) is 24.8 Å². The summed E-state index contributed by atoms with van der Waals surface area (Å²) in [7, 11) is 3.96. The zero-order valence-corrected chi connectivity index (χ0v) is 13.4. The van der Waals surface area contributed by atoms with Crippen LogP contribution < -0.4 is 9.80 Å². The SMILES string of the molecule is CN(C)c1nccc(N2CCCC(c3ccccc3)CC2)n1. The Bertz CT molecular complexity index is 597. The van der Waals surface area contributed by atoms with Crippen molar-refractivity contribution in [2.24, 2.45) is 0 Å². The van der Waals surface area contributed by atoms with Crippen molar-refractivity contribution < 1.29 is 0 Å². The molecule has 1 aliphatic rings. The predicted molar refractivity (Wildman–Crippen MR) is 91.6 cm³/mol. The van der Waals surface area contributed by atoms with Crippen molar-refractivity contribution in [1.82, 2.24) is 9.97 Å². The van der Waals surface area contributed by atoms with Gasteiger partial charge in [-0.3, -0.25) is 0 Å². The number of anilines is 2. The minimum Gasteiger partial charge on any atom is -0.356 e. The lowest BCUT2D eigenvalue weighted by atomic mass is 9.92. The zero-order valence-electron chi connectivity index (χ0n) is 13.4. The number of nitrogens with zero attached hydrogens (tertiary/aromatic N) is 4. The van der Waals surface area contributed by atoms with E-state index < -0.39 is 0 Å². The Kier molecular flexibility index (Phi) is 4.56. The van der Waals surface area contributed by atoms with Crippen LogP contribution in [0.3, 0.4) is 0 Å². The van der Waals surface area contributed by atoms with Gasteiger partial charge in [-0.25, -0.2) is 4.98 Å². The second kappa shape index (κ2) is 6.77. The van der Waals surface area contributed by atoms with Gasteiger partial charge >= 0.3 is 0 Å². The summed E-state index contributed by atoms with van der Waals surface area (Å²) < 4.78 is 0. The third-order valence-corrected chi connectivity index (χ3v) is 4.35. The van der Waals surface area contributed by atoms with Gasteiger partial charge < -0.3 is 9.80 Å². The molecule has 22 heavy (non-hydrogen) atoms. The molecule has 2 heterocycles. The molecule has 2 aromatic rings. The molecule has 4 nitrogen and oxygen atoms in total. The van der Waals surface area contributed by atoms with Crippen molar-refractivity contribution in [2.45, 2.75) is 25.2 Å². The van der Waals surface area contributed by atoms with E-state index in [2.05, 4.69) is 45.2 Å². The summed E-state index contributed by atoms with van der Waals surface area (Å²) >= 11 is 0. The average Bonchev–Trinajstić information content (AvgIpc) is 2.82. The number of aromatic nitrogens is 2. The van der Waals surface area contributed by atoms with E-state index in [-0.39, 0.29) is 0 Å². The first kappa shape index (κ1) is 14.8. The maximum Gasteiger partial charge on any atom is 0.226 e. The maximum absolute atomic E-state index is 4.68. The molecular formula is C18H24N4. The fourth-order valence-electron chi connectivity index (χ4n) is 3.11. The van der Waals surface area contributed by atoms with Gasteiger partial charge in [-0.1, -0.05) is 30.3 Å². The predicted octanol–water partition coefficient (Wildman–Crippen LogP) is 3.32. The molecule has 0 spiro atoms. The first-order chi connectivity index (χ1) is 10.7. The summed E-state index contributed by atoms with van der Waals surface area (Å²) in [6, 6.07) is 12.9. The Labute approximate surface area is 132 Å². The fraction of sp³-hybridized carbons (Fsp3) is 0.444. The number of rotatable bonds is 3. The first-order valence-corrected chi connectivity index (χ1v) is 8.04. The van der Waals surface area contributed by atoms with Crippen LogP contribution in [-0.2, 0) is 0 Å². The van der Waals surface area contributed by atoms with Gasteiger partial charge in [-0.15, -0.1) is 0 Å². The van der Waals surface area contributed by atoms with Crippen molar-refractivity contribution in [3.63, 3.8) is 0 Å². The van der Waals surface area contributed by atoms with Gasteiger partial charge in [0.25, 0.3) is 0 Å². The van der Waals surface area contributed by atoms with Gasteiger partial charge in [-0.2, -0.15) is 4.98 Å². The van der Waals surface area contributed by atoms with E-state index in [1.54, 1.807) is 0 Å². The molecule has 1 fully saturated rings. The van der Waals surface area contributed by atoms with Gasteiger partial charge in [0.05, 0.1) is 0 Å². The van der Waals surface area contributed by atoms with E-state index in [4.69, 9.17) is 0 Å². The third kappa shape index (κ3) is 3.38. The van der Waals surface area contributed by atoms with Crippen LogP contribution >= 0.6 is 0 Å². The van der Waals surface area contributed by atoms with Crippen molar-refractivity contribution in [2.75, 3.05) is 37.0 Å². The molecule has 1 aromatic carbocycles. The monoisotopic (exact) mass is 296 g/mol. The minimum absolute atomic E-state index is 0.668. The van der Waals surface area contributed by atoms with Crippen LogP contribution in [0.5, 0.6) is 0 Å².